The van der Waals surface area contributed by atoms with Crippen molar-refractivity contribution in [2.45, 2.75) is 6.92 Å². The zero-order valence-electron chi connectivity index (χ0n) is 14.8. The summed E-state index contributed by atoms with van der Waals surface area (Å²) in [6.45, 7) is 1.80. The molecule has 1 amide bonds. The van der Waals surface area contributed by atoms with Crippen LogP contribution >= 0.6 is 23.4 Å². The lowest BCUT2D eigenvalue weighted by molar-refractivity contribution is 0.0954. The molecule has 0 aliphatic heterocycles. The van der Waals surface area contributed by atoms with Crippen LogP contribution in [-0.4, -0.2) is 42.5 Å². The van der Waals surface area contributed by atoms with Gasteiger partial charge in [0.1, 0.15) is 10.7 Å². The van der Waals surface area contributed by atoms with Crippen molar-refractivity contribution in [3.63, 3.8) is 0 Å². The number of benzene rings is 1. The van der Waals surface area contributed by atoms with Gasteiger partial charge >= 0.3 is 0 Å². The Morgan fingerprint density at radius 2 is 1.96 bits per heavy atom. The average molecular weight is 414 g/mol. The van der Waals surface area contributed by atoms with Crippen molar-refractivity contribution in [3.05, 3.63) is 70.8 Å². The van der Waals surface area contributed by atoms with Crippen LogP contribution in [0.1, 0.15) is 21.7 Å². The van der Waals surface area contributed by atoms with Crippen molar-refractivity contribution in [1.29, 1.82) is 10.8 Å². The summed E-state index contributed by atoms with van der Waals surface area (Å²) in [7, 11) is 0. The topological polar surface area (TPSA) is 120 Å². The van der Waals surface area contributed by atoms with E-state index in [4.69, 9.17) is 22.4 Å². The predicted molar refractivity (Wildman–Crippen MR) is 110 cm³/mol. The summed E-state index contributed by atoms with van der Waals surface area (Å²) < 4.78 is 1.37. The third-order valence-electron chi connectivity index (χ3n) is 3.61. The lowest BCUT2D eigenvalue weighted by atomic mass is 10.2. The Bertz CT molecular complexity index is 1040. The second-order valence-electron chi connectivity index (χ2n) is 5.71. The molecule has 0 radical (unpaired) electrons. The lowest BCUT2D eigenvalue weighted by Crippen LogP contribution is -2.28. The highest BCUT2D eigenvalue weighted by Crippen LogP contribution is 2.17. The molecule has 3 N–H and O–H groups in total. The van der Waals surface area contributed by atoms with Gasteiger partial charge in [-0.3, -0.25) is 15.6 Å². The zero-order valence-corrected chi connectivity index (χ0v) is 16.4. The third-order valence-corrected chi connectivity index (χ3v) is 4.72. The van der Waals surface area contributed by atoms with Crippen LogP contribution < -0.4 is 5.32 Å². The summed E-state index contributed by atoms with van der Waals surface area (Å²) in [4.78, 5) is 16.4. The van der Waals surface area contributed by atoms with E-state index in [-0.39, 0.29) is 27.5 Å². The number of hydrogen-bond donors (Lipinski definition) is 3. The third kappa shape index (κ3) is 4.81. The molecule has 3 rings (SSSR count). The van der Waals surface area contributed by atoms with E-state index in [1.54, 1.807) is 24.3 Å². The van der Waals surface area contributed by atoms with Gasteiger partial charge in [-0.15, -0.1) is 5.10 Å². The molecule has 0 bridgehead atoms. The van der Waals surface area contributed by atoms with Gasteiger partial charge in [-0.2, -0.15) is 0 Å². The molecular formula is C18H16ClN7OS. The molecule has 0 atom stereocenters. The molecule has 2 aromatic heterocycles. The maximum atomic E-state index is 12.3. The normalized spacial score (nSPS) is 10.5. The Morgan fingerprint density at radius 3 is 2.68 bits per heavy atom. The molecule has 28 heavy (non-hydrogen) atoms. The number of thioether (sulfide) groups is 1. The van der Waals surface area contributed by atoms with Crippen molar-refractivity contribution < 1.29 is 4.79 Å². The fraction of sp³-hybridized carbons (Fsp3) is 0.111. The molecule has 0 unspecified atom stereocenters. The molecule has 3 aromatic rings. The molecule has 0 spiro atoms. The highest BCUT2D eigenvalue weighted by Gasteiger charge is 2.14. The molecule has 0 aliphatic rings. The van der Waals surface area contributed by atoms with Crippen LogP contribution in [0.5, 0.6) is 0 Å². The largest absolute Gasteiger partial charge is 0.344 e. The summed E-state index contributed by atoms with van der Waals surface area (Å²) in [6.07, 6.45) is 1.44. The molecule has 10 heteroatoms. The van der Waals surface area contributed by atoms with Gasteiger partial charge < -0.3 is 5.32 Å². The van der Waals surface area contributed by atoms with Gasteiger partial charge in [0.05, 0.1) is 17.8 Å². The first-order valence-electron chi connectivity index (χ1n) is 8.17. The number of hydrogen-bond acceptors (Lipinski definition) is 7. The fourth-order valence-electron chi connectivity index (χ4n) is 2.23. The Hall–Kier alpha value is -3.04. The number of nitrogens with zero attached hydrogens (tertiary/aromatic N) is 4. The van der Waals surface area contributed by atoms with E-state index in [0.717, 1.165) is 23.0 Å². The van der Waals surface area contributed by atoms with Crippen molar-refractivity contribution in [1.82, 2.24) is 25.3 Å². The number of rotatable bonds is 5. The van der Waals surface area contributed by atoms with E-state index in [1.807, 2.05) is 25.1 Å². The van der Waals surface area contributed by atoms with Crippen LogP contribution in [0.25, 0.3) is 5.69 Å². The summed E-state index contributed by atoms with van der Waals surface area (Å²) >= 11 is 7.08. The zero-order chi connectivity index (χ0) is 20.1. The minimum Gasteiger partial charge on any atom is -0.344 e. The minimum atomic E-state index is -0.473. The summed E-state index contributed by atoms with van der Waals surface area (Å²) in [6, 6.07) is 12.6. The monoisotopic (exact) mass is 413 g/mol. The van der Waals surface area contributed by atoms with Crippen molar-refractivity contribution in [2.24, 2.45) is 0 Å². The maximum absolute atomic E-state index is 12.3. The number of halogens is 1. The number of aromatic nitrogens is 4. The molecule has 0 aliphatic carbocycles. The van der Waals surface area contributed by atoms with Gasteiger partial charge in [0.2, 0.25) is 0 Å². The second-order valence-corrected chi connectivity index (χ2v) is 7.18. The molecule has 2 heterocycles. The summed E-state index contributed by atoms with van der Waals surface area (Å²) in [5.41, 5.74) is 2.09. The smallest absolute Gasteiger partial charge is 0.273 e. The van der Waals surface area contributed by atoms with E-state index in [1.165, 1.54) is 10.9 Å². The second kappa shape index (κ2) is 8.77. The standard InChI is InChI=1S/C18H16ClN7OS/c1-11-7-8-14(16(19)23-11)26-10-13(24-25-26)18(27)22-9-15(20)28-17(21)12-5-3-2-4-6-12/h2-8,10,20-21H,9H2,1H3,(H,22,27). The lowest BCUT2D eigenvalue weighted by Gasteiger charge is -2.06. The van der Waals surface area contributed by atoms with Gasteiger partial charge in [-0.05, 0) is 19.1 Å². The number of carbonyl (C=O) groups is 1. The Kier molecular flexibility index (Phi) is 6.17. The number of pyridine rings is 1. The van der Waals surface area contributed by atoms with Gasteiger partial charge in [-0.25, -0.2) is 9.67 Å². The van der Waals surface area contributed by atoms with Crippen LogP contribution in [0.15, 0.2) is 48.7 Å². The molecule has 8 nitrogen and oxygen atoms in total. The van der Waals surface area contributed by atoms with E-state index in [9.17, 15) is 4.79 Å². The predicted octanol–water partition coefficient (Wildman–Crippen LogP) is 3.09. The molecule has 0 fully saturated rings. The van der Waals surface area contributed by atoms with E-state index >= 15 is 0 Å². The molecule has 1 aromatic carbocycles. The number of aryl methyl sites for hydroxylation is 1. The molecular weight excluding hydrogens is 398 g/mol. The average Bonchev–Trinajstić information content (AvgIpc) is 3.16. The number of carbonyl (C=O) groups excluding carboxylic acids is 1. The summed E-state index contributed by atoms with van der Waals surface area (Å²) in [5.74, 6) is -0.473. The quantitative estimate of drug-likeness (QED) is 0.337. The van der Waals surface area contributed by atoms with Gasteiger partial charge in [-0.1, -0.05) is 58.9 Å². The van der Waals surface area contributed by atoms with Crippen LogP contribution in [0.3, 0.4) is 0 Å². The minimum absolute atomic E-state index is 0.0155. The van der Waals surface area contributed by atoms with Crippen molar-refractivity contribution >= 4 is 39.4 Å². The molecule has 0 saturated heterocycles. The van der Waals surface area contributed by atoms with Crippen LogP contribution in [0.4, 0.5) is 0 Å². The van der Waals surface area contributed by atoms with Gasteiger partial charge in [0, 0.05) is 11.3 Å². The van der Waals surface area contributed by atoms with Crippen LogP contribution in [0.2, 0.25) is 5.15 Å². The molecule has 0 saturated carbocycles. The molecule has 142 valence electrons. The summed E-state index contributed by atoms with van der Waals surface area (Å²) in [5, 5.41) is 26.9. The van der Waals surface area contributed by atoms with Crippen molar-refractivity contribution in [3.8, 4) is 5.69 Å². The Labute approximate surface area is 170 Å². The fourth-order valence-corrected chi connectivity index (χ4v) is 3.16. The van der Waals surface area contributed by atoms with Crippen LogP contribution in [-0.2, 0) is 0 Å². The van der Waals surface area contributed by atoms with E-state index < -0.39 is 5.91 Å². The van der Waals surface area contributed by atoms with Crippen LogP contribution in [0, 0.1) is 17.7 Å². The number of nitrogens with one attached hydrogen (secondary N) is 3. The van der Waals surface area contributed by atoms with E-state index in [2.05, 4.69) is 20.6 Å². The Morgan fingerprint density at radius 1 is 1.21 bits per heavy atom. The highest BCUT2D eigenvalue weighted by molar-refractivity contribution is 8.26. The maximum Gasteiger partial charge on any atom is 0.273 e. The van der Waals surface area contributed by atoms with Gasteiger partial charge in [0.25, 0.3) is 5.91 Å². The van der Waals surface area contributed by atoms with E-state index in [0.29, 0.717) is 5.69 Å². The first-order valence-corrected chi connectivity index (χ1v) is 9.37. The first kappa shape index (κ1) is 19.7. The number of amides is 1. The first-order chi connectivity index (χ1) is 13.4. The Balaban J connectivity index is 1.57. The van der Waals surface area contributed by atoms with Crippen molar-refractivity contribution in [2.75, 3.05) is 6.54 Å². The highest BCUT2D eigenvalue weighted by atomic mass is 35.5. The SMILES string of the molecule is Cc1ccc(-n2cc(C(=O)NCC(=N)SC(=N)c3ccccc3)nn2)c(Cl)n1. The van der Waals surface area contributed by atoms with Gasteiger partial charge in [0.15, 0.2) is 10.8 Å².